The van der Waals surface area contributed by atoms with Crippen molar-refractivity contribution in [2.24, 2.45) is 7.05 Å². The van der Waals surface area contributed by atoms with Crippen molar-refractivity contribution < 1.29 is 4.57 Å². The zero-order valence-corrected chi connectivity index (χ0v) is 21.7. The largest absolute Gasteiger partial charge is 0.295 e. The van der Waals surface area contributed by atoms with Gasteiger partial charge in [-0.3, -0.25) is 0 Å². The van der Waals surface area contributed by atoms with Crippen molar-refractivity contribution in [1.82, 2.24) is 4.57 Å². The van der Waals surface area contributed by atoms with E-state index in [1.54, 1.807) is 0 Å². The molecule has 0 N–H and O–H groups in total. The van der Waals surface area contributed by atoms with Crippen molar-refractivity contribution in [1.29, 1.82) is 0 Å². The van der Waals surface area contributed by atoms with E-state index in [1.165, 1.54) is 55.9 Å². The van der Waals surface area contributed by atoms with Gasteiger partial charge in [-0.2, -0.15) is 4.57 Å². The Morgan fingerprint density at radius 2 is 1.23 bits per heavy atom. The standard InChI is InChI=1S/C33H35N2/c1-22(2)28-20-26(25-15-8-7-9-16-25)21-29(23(3)4)32(28)35-31-19-13-12-18-30(31)34(6)33(35)27-17-11-10-14-24(27)5/h7-23H,1-6H3/q+1. The zero-order valence-electron chi connectivity index (χ0n) is 21.7. The van der Waals surface area contributed by atoms with Crippen LogP contribution in [0.15, 0.2) is 91.0 Å². The Morgan fingerprint density at radius 3 is 1.86 bits per heavy atom. The molecule has 2 heteroatoms. The first-order valence-corrected chi connectivity index (χ1v) is 12.7. The van der Waals surface area contributed by atoms with E-state index in [2.05, 4.69) is 142 Å². The van der Waals surface area contributed by atoms with Crippen LogP contribution in [-0.4, -0.2) is 4.57 Å². The Hall–Kier alpha value is -3.65. The SMILES string of the molecule is Cc1ccccc1-c1n(-c2c(C(C)C)cc(-c3ccccc3)cc2C(C)C)c2ccccc2[n+]1C. The summed E-state index contributed by atoms with van der Waals surface area (Å²) in [5.74, 6) is 1.98. The molecule has 2 nitrogen and oxygen atoms in total. The molecule has 5 rings (SSSR count). The summed E-state index contributed by atoms with van der Waals surface area (Å²) in [5, 5.41) is 0. The smallest absolute Gasteiger partial charge is 0.225 e. The van der Waals surface area contributed by atoms with Gasteiger partial charge in [0.2, 0.25) is 0 Å². The molecule has 0 radical (unpaired) electrons. The summed E-state index contributed by atoms with van der Waals surface area (Å²) >= 11 is 0. The molecule has 176 valence electrons. The quantitative estimate of drug-likeness (QED) is 0.234. The lowest BCUT2D eigenvalue weighted by molar-refractivity contribution is -0.633. The van der Waals surface area contributed by atoms with Gasteiger partial charge in [-0.15, -0.1) is 0 Å². The van der Waals surface area contributed by atoms with Crippen molar-refractivity contribution in [3.63, 3.8) is 0 Å². The number of imidazole rings is 1. The molecule has 0 unspecified atom stereocenters. The lowest BCUT2D eigenvalue weighted by Crippen LogP contribution is -2.30. The zero-order chi connectivity index (χ0) is 24.7. The molecule has 1 heterocycles. The van der Waals surface area contributed by atoms with Crippen LogP contribution >= 0.6 is 0 Å². The average molecular weight is 460 g/mol. The minimum atomic E-state index is 0.377. The molecule has 0 amide bonds. The number of aryl methyl sites for hydroxylation is 2. The van der Waals surface area contributed by atoms with Crippen LogP contribution in [0.4, 0.5) is 0 Å². The number of benzene rings is 4. The first kappa shape index (κ1) is 23.1. The lowest BCUT2D eigenvalue weighted by atomic mass is 9.88. The van der Waals surface area contributed by atoms with Gasteiger partial charge in [0.1, 0.15) is 5.69 Å². The van der Waals surface area contributed by atoms with Crippen molar-refractivity contribution >= 4 is 11.0 Å². The molecule has 5 aromatic rings. The van der Waals surface area contributed by atoms with Crippen LogP contribution in [0.1, 0.15) is 56.2 Å². The second-order valence-corrected chi connectivity index (χ2v) is 10.2. The van der Waals surface area contributed by atoms with Crippen LogP contribution in [0.3, 0.4) is 0 Å². The molecular weight excluding hydrogens is 424 g/mol. The molecular formula is C33H35N2+. The van der Waals surface area contributed by atoms with Gasteiger partial charge in [-0.05, 0) is 65.8 Å². The monoisotopic (exact) mass is 459 g/mol. The number of nitrogens with zero attached hydrogens (tertiary/aromatic N) is 2. The number of para-hydroxylation sites is 2. The minimum absolute atomic E-state index is 0.377. The third-order valence-corrected chi connectivity index (χ3v) is 7.14. The van der Waals surface area contributed by atoms with Crippen LogP contribution in [-0.2, 0) is 7.05 Å². The molecule has 0 fully saturated rings. The van der Waals surface area contributed by atoms with Crippen molar-refractivity contribution in [2.75, 3.05) is 0 Å². The molecule has 1 aromatic heterocycles. The second kappa shape index (κ2) is 9.19. The fraction of sp³-hybridized carbons (Fsp3) is 0.242. The van der Waals surface area contributed by atoms with Gasteiger partial charge < -0.3 is 0 Å². The highest BCUT2D eigenvalue weighted by Crippen LogP contribution is 2.39. The predicted molar refractivity (Wildman–Crippen MR) is 148 cm³/mol. The summed E-state index contributed by atoms with van der Waals surface area (Å²) in [6.07, 6.45) is 0. The van der Waals surface area contributed by atoms with E-state index in [1.807, 2.05) is 0 Å². The highest BCUT2D eigenvalue weighted by molar-refractivity contribution is 5.82. The van der Waals surface area contributed by atoms with E-state index >= 15 is 0 Å². The lowest BCUT2D eigenvalue weighted by Gasteiger charge is -2.21. The highest BCUT2D eigenvalue weighted by Gasteiger charge is 2.31. The summed E-state index contributed by atoms with van der Waals surface area (Å²) < 4.78 is 4.88. The van der Waals surface area contributed by atoms with Crippen LogP contribution in [0.25, 0.3) is 39.2 Å². The molecule has 35 heavy (non-hydrogen) atoms. The fourth-order valence-corrected chi connectivity index (χ4v) is 5.28. The third kappa shape index (κ3) is 3.97. The van der Waals surface area contributed by atoms with E-state index < -0.39 is 0 Å². The van der Waals surface area contributed by atoms with E-state index in [9.17, 15) is 0 Å². The fourth-order valence-electron chi connectivity index (χ4n) is 5.28. The van der Waals surface area contributed by atoms with Crippen molar-refractivity contribution in [2.45, 2.75) is 46.5 Å². The maximum absolute atomic E-state index is 2.52. The van der Waals surface area contributed by atoms with Gasteiger partial charge in [0.15, 0.2) is 11.0 Å². The molecule has 0 spiro atoms. The van der Waals surface area contributed by atoms with Gasteiger partial charge in [-0.1, -0.05) is 88.4 Å². The normalized spacial score (nSPS) is 11.7. The number of hydrogen-bond donors (Lipinski definition) is 0. The Labute approximate surface area is 209 Å². The van der Waals surface area contributed by atoms with Crippen LogP contribution < -0.4 is 4.57 Å². The number of aromatic nitrogens is 2. The minimum Gasteiger partial charge on any atom is -0.225 e. The summed E-state index contributed by atoms with van der Waals surface area (Å²) in [7, 11) is 2.20. The van der Waals surface area contributed by atoms with Gasteiger partial charge in [0, 0.05) is 11.1 Å². The van der Waals surface area contributed by atoms with E-state index in [4.69, 9.17) is 0 Å². The molecule has 0 aliphatic carbocycles. The Kier molecular flexibility index (Phi) is 6.06. The molecule has 0 bridgehead atoms. The third-order valence-electron chi connectivity index (χ3n) is 7.14. The Bertz CT molecular complexity index is 1470. The van der Waals surface area contributed by atoms with E-state index in [0.717, 1.165) is 0 Å². The average Bonchev–Trinajstić information content (AvgIpc) is 3.16. The van der Waals surface area contributed by atoms with Gasteiger partial charge in [0.05, 0.1) is 12.6 Å². The van der Waals surface area contributed by atoms with Crippen molar-refractivity contribution in [3.05, 3.63) is 108 Å². The molecule has 0 aliphatic rings. The molecule has 0 atom stereocenters. The predicted octanol–water partition coefficient (Wildman–Crippen LogP) is 8.34. The number of fused-ring (bicyclic) bond motifs is 1. The van der Waals surface area contributed by atoms with Gasteiger partial charge in [-0.25, -0.2) is 4.57 Å². The maximum Gasteiger partial charge on any atom is 0.295 e. The summed E-state index contributed by atoms with van der Waals surface area (Å²) in [6.45, 7) is 11.5. The first-order valence-electron chi connectivity index (χ1n) is 12.7. The summed E-state index contributed by atoms with van der Waals surface area (Å²) in [4.78, 5) is 0. The maximum atomic E-state index is 2.52. The van der Waals surface area contributed by atoms with E-state index in [0.29, 0.717) is 11.8 Å². The van der Waals surface area contributed by atoms with Gasteiger partial charge in [0.25, 0.3) is 5.82 Å². The van der Waals surface area contributed by atoms with E-state index in [-0.39, 0.29) is 0 Å². The Balaban J connectivity index is 1.94. The number of rotatable bonds is 5. The highest BCUT2D eigenvalue weighted by atomic mass is 15.2. The topological polar surface area (TPSA) is 8.81 Å². The van der Waals surface area contributed by atoms with Crippen LogP contribution in [0, 0.1) is 6.92 Å². The summed E-state index contributed by atoms with van der Waals surface area (Å²) in [6, 6.07) is 33.1. The molecule has 0 saturated carbocycles. The second-order valence-electron chi connectivity index (χ2n) is 10.2. The molecule has 0 saturated heterocycles. The Morgan fingerprint density at radius 1 is 0.657 bits per heavy atom. The van der Waals surface area contributed by atoms with Crippen molar-refractivity contribution in [3.8, 4) is 28.2 Å². The first-order chi connectivity index (χ1) is 16.9. The molecule has 0 aliphatic heterocycles. The summed E-state index contributed by atoms with van der Waals surface area (Å²) in [5.41, 5.74) is 11.7. The van der Waals surface area contributed by atoms with Crippen LogP contribution in [0.2, 0.25) is 0 Å². The van der Waals surface area contributed by atoms with Gasteiger partial charge >= 0.3 is 0 Å². The molecule has 4 aromatic carbocycles. The number of hydrogen-bond acceptors (Lipinski definition) is 0. The van der Waals surface area contributed by atoms with Crippen LogP contribution in [0.5, 0.6) is 0 Å².